The minimum atomic E-state index is 0.507. The van der Waals surface area contributed by atoms with Crippen LogP contribution >= 0.6 is 23.5 Å². The highest BCUT2D eigenvalue weighted by atomic mass is 32.2. The van der Waals surface area contributed by atoms with Gasteiger partial charge in [-0.05, 0) is 42.3 Å². The van der Waals surface area contributed by atoms with E-state index in [0.717, 1.165) is 11.3 Å². The summed E-state index contributed by atoms with van der Waals surface area (Å²) in [5, 5.41) is 0. The molecule has 0 saturated carbocycles. The van der Waals surface area contributed by atoms with Gasteiger partial charge in [-0.1, -0.05) is 48.5 Å². The lowest BCUT2D eigenvalue weighted by Gasteiger charge is -2.22. The van der Waals surface area contributed by atoms with Crippen molar-refractivity contribution < 1.29 is 0 Å². The Kier molecular flexibility index (Phi) is 5.44. The maximum Gasteiger partial charge on any atom is 0.0781 e. The van der Waals surface area contributed by atoms with Crippen molar-refractivity contribution in [3.63, 3.8) is 0 Å². The SMILES string of the molecule is CC(=C=Nc1ccccc1C1SCCCS1)c1ccccc1. The molecule has 0 amide bonds. The van der Waals surface area contributed by atoms with E-state index in [2.05, 4.69) is 54.2 Å². The first-order valence-corrected chi connectivity index (χ1v) is 9.62. The maximum atomic E-state index is 4.64. The Bertz CT molecular complexity index is 682. The molecule has 0 bridgehead atoms. The Labute approximate surface area is 140 Å². The summed E-state index contributed by atoms with van der Waals surface area (Å²) in [6, 6.07) is 18.8. The zero-order valence-corrected chi connectivity index (χ0v) is 14.3. The van der Waals surface area contributed by atoms with Crippen LogP contribution in [0.4, 0.5) is 5.69 Å². The molecule has 1 nitrogen and oxygen atoms in total. The lowest BCUT2D eigenvalue weighted by molar-refractivity contribution is 1.10. The molecule has 0 aromatic heterocycles. The van der Waals surface area contributed by atoms with E-state index >= 15 is 0 Å². The molecule has 1 aliphatic heterocycles. The van der Waals surface area contributed by atoms with Crippen LogP contribution in [0.15, 0.2) is 59.6 Å². The average Bonchev–Trinajstić information content (AvgIpc) is 2.61. The molecule has 0 spiro atoms. The lowest BCUT2D eigenvalue weighted by atomic mass is 10.1. The van der Waals surface area contributed by atoms with Crippen molar-refractivity contribution in [3.05, 3.63) is 65.7 Å². The molecule has 2 aromatic carbocycles. The fraction of sp³-hybridized carbons (Fsp3) is 0.263. The van der Waals surface area contributed by atoms with Gasteiger partial charge in [0, 0.05) is 11.1 Å². The fourth-order valence-corrected chi connectivity index (χ4v) is 5.31. The fourth-order valence-electron chi connectivity index (χ4n) is 2.35. The third-order valence-corrected chi connectivity index (χ3v) is 6.55. The Hall–Kier alpha value is -1.41. The van der Waals surface area contributed by atoms with E-state index in [9.17, 15) is 0 Å². The van der Waals surface area contributed by atoms with Gasteiger partial charge >= 0.3 is 0 Å². The van der Waals surface area contributed by atoms with Crippen molar-refractivity contribution in [3.8, 4) is 0 Å². The molecular weight excluding hydrogens is 306 g/mol. The Morgan fingerprint density at radius 3 is 2.45 bits per heavy atom. The van der Waals surface area contributed by atoms with Crippen molar-refractivity contribution in [2.45, 2.75) is 17.9 Å². The molecule has 0 N–H and O–H groups in total. The molecule has 3 heteroatoms. The molecule has 1 saturated heterocycles. The topological polar surface area (TPSA) is 12.4 Å². The maximum absolute atomic E-state index is 4.64. The van der Waals surface area contributed by atoms with Crippen molar-refractivity contribution in [2.24, 2.45) is 4.99 Å². The summed E-state index contributed by atoms with van der Waals surface area (Å²) in [5.41, 5.74) is 4.61. The molecule has 112 valence electrons. The number of aliphatic imine (C=N–C) groups is 1. The van der Waals surface area contributed by atoms with E-state index in [1.165, 1.54) is 29.1 Å². The predicted octanol–water partition coefficient (Wildman–Crippen LogP) is 5.96. The summed E-state index contributed by atoms with van der Waals surface area (Å²) in [7, 11) is 0. The first kappa shape index (κ1) is 15.5. The molecule has 0 atom stereocenters. The summed E-state index contributed by atoms with van der Waals surface area (Å²) >= 11 is 4.06. The van der Waals surface area contributed by atoms with E-state index in [-0.39, 0.29) is 0 Å². The van der Waals surface area contributed by atoms with Crippen LogP contribution in [0.1, 0.15) is 29.1 Å². The average molecular weight is 326 g/mol. The molecule has 1 fully saturated rings. The number of hydrogen-bond acceptors (Lipinski definition) is 3. The van der Waals surface area contributed by atoms with Crippen molar-refractivity contribution >= 4 is 40.7 Å². The van der Waals surface area contributed by atoms with Gasteiger partial charge in [-0.2, -0.15) is 0 Å². The molecule has 0 aliphatic carbocycles. The number of hydrogen-bond donors (Lipinski definition) is 0. The highest BCUT2D eigenvalue weighted by molar-refractivity contribution is 8.16. The van der Waals surface area contributed by atoms with Crippen LogP contribution in [-0.4, -0.2) is 17.4 Å². The monoisotopic (exact) mass is 325 g/mol. The number of allylic oxidation sites excluding steroid dienone is 1. The molecule has 0 radical (unpaired) electrons. The second-order valence-electron chi connectivity index (χ2n) is 5.20. The third kappa shape index (κ3) is 3.86. The number of thioether (sulfide) groups is 2. The van der Waals surface area contributed by atoms with E-state index in [4.69, 9.17) is 0 Å². The number of para-hydroxylation sites is 1. The largest absolute Gasteiger partial charge is 0.206 e. The Balaban J connectivity index is 1.90. The van der Waals surface area contributed by atoms with Crippen LogP contribution < -0.4 is 0 Å². The van der Waals surface area contributed by atoms with Gasteiger partial charge in [0.15, 0.2) is 0 Å². The van der Waals surface area contributed by atoms with E-state index in [1.807, 2.05) is 41.7 Å². The minimum Gasteiger partial charge on any atom is -0.206 e. The van der Waals surface area contributed by atoms with Gasteiger partial charge in [-0.15, -0.1) is 23.5 Å². The highest BCUT2D eigenvalue weighted by Gasteiger charge is 2.18. The van der Waals surface area contributed by atoms with Gasteiger partial charge in [-0.3, -0.25) is 0 Å². The molecule has 22 heavy (non-hydrogen) atoms. The Morgan fingerprint density at radius 2 is 1.68 bits per heavy atom. The van der Waals surface area contributed by atoms with Gasteiger partial charge in [0.25, 0.3) is 0 Å². The number of nitrogens with zero attached hydrogens (tertiary/aromatic N) is 1. The minimum absolute atomic E-state index is 0.507. The first-order valence-electron chi connectivity index (χ1n) is 7.52. The summed E-state index contributed by atoms with van der Waals surface area (Å²) in [5.74, 6) is 5.71. The van der Waals surface area contributed by atoms with Crippen LogP contribution in [0.2, 0.25) is 0 Å². The van der Waals surface area contributed by atoms with E-state index < -0.39 is 0 Å². The normalized spacial score (nSPS) is 15.1. The van der Waals surface area contributed by atoms with Crippen LogP contribution in [0.5, 0.6) is 0 Å². The first-order chi connectivity index (χ1) is 10.8. The van der Waals surface area contributed by atoms with Crippen LogP contribution in [0, 0.1) is 0 Å². The quantitative estimate of drug-likeness (QED) is 0.645. The summed E-state index contributed by atoms with van der Waals surface area (Å²) in [6.45, 7) is 2.06. The molecule has 1 aliphatic rings. The smallest absolute Gasteiger partial charge is 0.0781 e. The van der Waals surface area contributed by atoms with Gasteiger partial charge in [-0.25, -0.2) is 4.99 Å². The predicted molar refractivity (Wildman–Crippen MR) is 101 cm³/mol. The zero-order valence-electron chi connectivity index (χ0n) is 12.7. The highest BCUT2D eigenvalue weighted by Crippen LogP contribution is 2.46. The van der Waals surface area contributed by atoms with E-state index in [0.29, 0.717) is 4.58 Å². The zero-order chi connectivity index (χ0) is 15.2. The van der Waals surface area contributed by atoms with Crippen molar-refractivity contribution in [2.75, 3.05) is 11.5 Å². The summed E-state index contributed by atoms with van der Waals surface area (Å²) in [4.78, 5) is 4.64. The van der Waals surface area contributed by atoms with Crippen LogP contribution in [0.3, 0.4) is 0 Å². The Morgan fingerprint density at radius 1 is 1.00 bits per heavy atom. The van der Waals surface area contributed by atoms with Crippen molar-refractivity contribution in [1.29, 1.82) is 0 Å². The molecule has 1 heterocycles. The standard InChI is InChI=1S/C19H19NS2/c1-15(16-8-3-2-4-9-16)14-20-18-11-6-5-10-17(18)19-21-12-7-13-22-19/h2-6,8-11,19H,7,12-13H2,1H3. The van der Waals surface area contributed by atoms with Gasteiger partial charge in [0.2, 0.25) is 0 Å². The van der Waals surface area contributed by atoms with Gasteiger partial charge in [0.1, 0.15) is 0 Å². The number of rotatable bonds is 3. The second kappa shape index (κ2) is 7.73. The molecule has 3 rings (SSSR count). The molecule has 0 unspecified atom stereocenters. The second-order valence-corrected chi connectivity index (χ2v) is 7.92. The van der Waals surface area contributed by atoms with Gasteiger partial charge in [0.05, 0.1) is 10.3 Å². The van der Waals surface area contributed by atoms with Gasteiger partial charge < -0.3 is 0 Å². The van der Waals surface area contributed by atoms with Crippen LogP contribution in [-0.2, 0) is 0 Å². The summed E-state index contributed by atoms with van der Waals surface area (Å²) < 4.78 is 0.507. The molecular formula is C19H19NS2. The molecule has 2 aromatic rings. The van der Waals surface area contributed by atoms with Crippen LogP contribution in [0.25, 0.3) is 5.57 Å². The lowest BCUT2D eigenvalue weighted by Crippen LogP contribution is -2.00. The van der Waals surface area contributed by atoms with Crippen molar-refractivity contribution in [1.82, 2.24) is 0 Å². The summed E-state index contributed by atoms with van der Waals surface area (Å²) in [6.07, 6.45) is 1.31. The number of benzene rings is 2. The van der Waals surface area contributed by atoms with E-state index in [1.54, 1.807) is 0 Å². The third-order valence-electron chi connectivity index (χ3n) is 3.57.